The van der Waals surface area contributed by atoms with Gasteiger partial charge in [-0.25, -0.2) is 8.42 Å². The number of carbonyl (C=O) groups excluding carboxylic acids is 1. The number of hydrogen-bond acceptors (Lipinski definition) is 4. The van der Waals surface area contributed by atoms with E-state index in [1.807, 2.05) is 20.8 Å². The molecule has 0 aliphatic rings. The van der Waals surface area contributed by atoms with E-state index in [0.717, 1.165) is 0 Å². The SMILES string of the molecule is CCOc1ccccc1C(=O)CS(=O)(=O)CCC(C)C. The Bertz CT molecular complexity index is 547. The molecule has 0 aliphatic heterocycles. The molecule has 0 heterocycles. The topological polar surface area (TPSA) is 60.4 Å². The zero-order chi connectivity index (χ0) is 15.2. The van der Waals surface area contributed by atoms with E-state index >= 15 is 0 Å². The van der Waals surface area contributed by atoms with Crippen LogP contribution >= 0.6 is 0 Å². The lowest BCUT2D eigenvalue weighted by Gasteiger charge is -2.10. The lowest BCUT2D eigenvalue weighted by Crippen LogP contribution is -2.20. The van der Waals surface area contributed by atoms with Gasteiger partial charge in [-0.2, -0.15) is 0 Å². The van der Waals surface area contributed by atoms with Crippen LogP contribution in [-0.4, -0.2) is 32.3 Å². The van der Waals surface area contributed by atoms with E-state index in [-0.39, 0.29) is 5.75 Å². The molecule has 0 spiro atoms. The third-order valence-corrected chi connectivity index (χ3v) is 4.40. The largest absolute Gasteiger partial charge is 0.493 e. The van der Waals surface area contributed by atoms with Gasteiger partial charge in [-0.15, -0.1) is 0 Å². The van der Waals surface area contributed by atoms with Gasteiger partial charge in [0.1, 0.15) is 11.5 Å². The minimum atomic E-state index is -3.36. The van der Waals surface area contributed by atoms with Crippen molar-refractivity contribution >= 4 is 15.6 Å². The van der Waals surface area contributed by atoms with Crippen LogP contribution < -0.4 is 4.74 Å². The molecule has 1 aromatic carbocycles. The Kier molecular flexibility index (Phi) is 6.20. The molecule has 4 nitrogen and oxygen atoms in total. The third kappa shape index (κ3) is 5.33. The molecule has 112 valence electrons. The van der Waals surface area contributed by atoms with E-state index in [9.17, 15) is 13.2 Å². The number of ether oxygens (including phenoxy) is 1. The number of Topliss-reactive ketones (excluding diaryl/α,β-unsaturated/α-hetero) is 1. The normalized spacial score (nSPS) is 11.6. The van der Waals surface area contributed by atoms with Crippen LogP contribution in [0.4, 0.5) is 0 Å². The quantitative estimate of drug-likeness (QED) is 0.692. The number of hydrogen-bond donors (Lipinski definition) is 0. The fraction of sp³-hybridized carbons (Fsp3) is 0.533. The zero-order valence-corrected chi connectivity index (χ0v) is 13.1. The average Bonchev–Trinajstić information content (AvgIpc) is 2.37. The number of para-hydroxylation sites is 1. The molecule has 0 aromatic heterocycles. The summed E-state index contributed by atoms with van der Waals surface area (Å²) in [5, 5.41) is 0. The van der Waals surface area contributed by atoms with Gasteiger partial charge in [0.25, 0.3) is 0 Å². The first-order chi connectivity index (χ1) is 9.35. The highest BCUT2D eigenvalue weighted by Gasteiger charge is 2.20. The first-order valence-corrected chi connectivity index (χ1v) is 8.63. The summed E-state index contributed by atoms with van der Waals surface area (Å²) < 4.78 is 29.2. The maximum atomic E-state index is 12.1. The molecule has 0 fully saturated rings. The summed E-state index contributed by atoms with van der Waals surface area (Å²) in [7, 11) is -3.36. The van der Waals surface area contributed by atoms with Crippen molar-refractivity contribution in [1.82, 2.24) is 0 Å². The molecule has 0 N–H and O–H groups in total. The zero-order valence-electron chi connectivity index (χ0n) is 12.3. The summed E-state index contributed by atoms with van der Waals surface area (Å²) in [6.07, 6.45) is 0.572. The van der Waals surface area contributed by atoms with Crippen LogP contribution in [0.25, 0.3) is 0 Å². The summed E-state index contributed by atoms with van der Waals surface area (Å²) in [5.74, 6) is -0.0655. The van der Waals surface area contributed by atoms with Crippen molar-refractivity contribution in [3.63, 3.8) is 0 Å². The van der Waals surface area contributed by atoms with Gasteiger partial charge >= 0.3 is 0 Å². The number of ketones is 1. The Morgan fingerprint density at radius 1 is 1.25 bits per heavy atom. The Balaban J connectivity index is 2.81. The summed E-state index contributed by atoms with van der Waals surface area (Å²) >= 11 is 0. The van der Waals surface area contributed by atoms with Crippen LogP contribution in [0, 0.1) is 5.92 Å². The number of benzene rings is 1. The van der Waals surface area contributed by atoms with E-state index < -0.39 is 21.4 Å². The molecule has 0 aliphatic carbocycles. The maximum Gasteiger partial charge on any atom is 0.181 e. The van der Waals surface area contributed by atoms with E-state index in [1.54, 1.807) is 24.3 Å². The number of sulfone groups is 1. The average molecular weight is 298 g/mol. The van der Waals surface area contributed by atoms with Crippen LogP contribution in [0.5, 0.6) is 5.75 Å². The predicted octanol–water partition coefficient (Wildman–Crippen LogP) is 2.73. The first kappa shape index (κ1) is 16.7. The second kappa shape index (κ2) is 7.43. The Labute approximate surface area is 121 Å². The van der Waals surface area contributed by atoms with Crippen LogP contribution in [0.3, 0.4) is 0 Å². The molecule has 0 amide bonds. The lowest BCUT2D eigenvalue weighted by molar-refractivity contribution is 0.101. The van der Waals surface area contributed by atoms with Crippen LogP contribution in [0.1, 0.15) is 37.6 Å². The van der Waals surface area contributed by atoms with Gasteiger partial charge in [0.2, 0.25) is 0 Å². The van der Waals surface area contributed by atoms with Crippen molar-refractivity contribution in [2.24, 2.45) is 5.92 Å². The molecule has 0 atom stereocenters. The molecule has 0 unspecified atom stereocenters. The molecule has 1 aromatic rings. The molecule has 0 saturated carbocycles. The Morgan fingerprint density at radius 3 is 2.50 bits per heavy atom. The van der Waals surface area contributed by atoms with Crippen molar-refractivity contribution in [2.75, 3.05) is 18.1 Å². The predicted molar refractivity (Wildman–Crippen MR) is 80.1 cm³/mol. The fourth-order valence-corrected chi connectivity index (χ4v) is 3.27. The number of rotatable bonds is 8. The second-order valence-corrected chi connectivity index (χ2v) is 7.31. The highest BCUT2D eigenvalue weighted by atomic mass is 32.2. The number of carbonyl (C=O) groups is 1. The van der Waals surface area contributed by atoms with Crippen molar-refractivity contribution in [3.05, 3.63) is 29.8 Å². The fourth-order valence-electron chi connectivity index (χ4n) is 1.74. The van der Waals surface area contributed by atoms with Crippen molar-refractivity contribution in [3.8, 4) is 5.75 Å². The molecule has 0 saturated heterocycles. The Morgan fingerprint density at radius 2 is 1.90 bits per heavy atom. The summed E-state index contributed by atoms with van der Waals surface area (Å²) in [5.41, 5.74) is 0.336. The van der Waals surface area contributed by atoms with Crippen molar-refractivity contribution in [2.45, 2.75) is 27.2 Å². The molecular formula is C15H22O4S. The highest BCUT2D eigenvalue weighted by molar-refractivity contribution is 7.92. The minimum Gasteiger partial charge on any atom is -0.493 e. The first-order valence-electron chi connectivity index (χ1n) is 6.81. The van der Waals surface area contributed by atoms with Gasteiger partial charge in [-0.3, -0.25) is 4.79 Å². The summed E-state index contributed by atoms with van der Waals surface area (Å²) in [4.78, 5) is 12.1. The van der Waals surface area contributed by atoms with E-state index in [4.69, 9.17) is 4.74 Å². The van der Waals surface area contributed by atoms with Gasteiger partial charge in [0.05, 0.1) is 17.9 Å². The van der Waals surface area contributed by atoms with E-state index in [0.29, 0.717) is 30.3 Å². The van der Waals surface area contributed by atoms with E-state index in [2.05, 4.69) is 0 Å². The highest BCUT2D eigenvalue weighted by Crippen LogP contribution is 2.19. The third-order valence-electron chi connectivity index (χ3n) is 2.84. The second-order valence-electron chi connectivity index (χ2n) is 5.13. The Hall–Kier alpha value is -1.36. The maximum absolute atomic E-state index is 12.1. The minimum absolute atomic E-state index is 0.0488. The smallest absolute Gasteiger partial charge is 0.181 e. The molecule has 20 heavy (non-hydrogen) atoms. The van der Waals surface area contributed by atoms with Crippen molar-refractivity contribution < 1.29 is 17.9 Å². The summed E-state index contributed by atoms with van der Waals surface area (Å²) in [6.45, 7) is 6.18. The lowest BCUT2D eigenvalue weighted by atomic mass is 10.1. The van der Waals surface area contributed by atoms with Gasteiger partial charge in [-0.1, -0.05) is 26.0 Å². The molecule has 5 heteroatoms. The van der Waals surface area contributed by atoms with Gasteiger partial charge in [0.15, 0.2) is 15.6 Å². The van der Waals surface area contributed by atoms with E-state index in [1.165, 1.54) is 0 Å². The van der Waals surface area contributed by atoms with Gasteiger partial charge < -0.3 is 4.74 Å². The standard InChI is InChI=1S/C15H22O4S/c1-4-19-15-8-6-5-7-13(15)14(16)11-20(17,18)10-9-12(2)3/h5-8,12H,4,9-11H2,1-3H3. The summed E-state index contributed by atoms with van der Waals surface area (Å²) in [6, 6.07) is 6.74. The van der Waals surface area contributed by atoms with Crippen molar-refractivity contribution in [1.29, 1.82) is 0 Å². The molecule has 0 radical (unpaired) electrons. The molecular weight excluding hydrogens is 276 g/mol. The molecule has 1 rings (SSSR count). The molecule has 0 bridgehead atoms. The van der Waals surface area contributed by atoms with Crippen LogP contribution in [0.15, 0.2) is 24.3 Å². The van der Waals surface area contributed by atoms with Gasteiger partial charge in [-0.05, 0) is 31.4 Å². The monoisotopic (exact) mass is 298 g/mol. The van der Waals surface area contributed by atoms with Crippen LogP contribution in [-0.2, 0) is 9.84 Å². The van der Waals surface area contributed by atoms with Gasteiger partial charge in [0, 0.05) is 0 Å². The van der Waals surface area contributed by atoms with Crippen LogP contribution in [0.2, 0.25) is 0 Å².